The molecule has 1 saturated carbocycles. The Bertz CT molecular complexity index is 1010. The molecule has 0 unspecified atom stereocenters. The Morgan fingerprint density at radius 1 is 0.968 bits per heavy atom. The Morgan fingerprint density at radius 2 is 1.65 bits per heavy atom. The van der Waals surface area contributed by atoms with Gasteiger partial charge in [-0.3, -0.25) is 0 Å². The minimum Gasteiger partial charge on any atom is -0.456 e. The normalized spacial score (nSPS) is 13.9. The van der Waals surface area contributed by atoms with Gasteiger partial charge in [0, 0.05) is 6.42 Å². The summed E-state index contributed by atoms with van der Waals surface area (Å²) >= 11 is 0. The van der Waals surface area contributed by atoms with Gasteiger partial charge in [-0.05, 0) is 34.4 Å². The molecule has 3 aromatic rings. The number of rotatable bonds is 9. The molecule has 1 amide bonds. The lowest BCUT2D eigenvalue weighted by molar-refractivity contribution is -0.147. The van der Waals surface area contributed by atoms with Crippen molar-refractivity contribution in [1.29, 1.82) is 0 Å². The molecule has 0 bridgehead atoms. The summed E-state index contributed by atoms with van der Waals surface area (Å²) in [4.78, 5) is 25.1. The Morgan fingerprint density at radius 3 is 2.32 bits per heavy atom. The molecule has 1 aliphatic carbocycles. The number of esters is 1. The van der Waals surface area contributed by atoms with Crippen LogP contribution in [-0.2, 0) is 33.9 Å². The molecule has 4 rings (SSSR count). The second-order valence-electron chi connectivity index (χ2n) is 7.33. The molecular weight excluding hydrogens is 398 g/mol. The minimum atomic E-state index is -0.907. The number of tetrazole rings is 1. The number of aromatic nitrogens is 4. The monoisotopic (exact) mass is 421 g/mol. The first-order valence-corrected chi connectivity index (χ1v) is 10.1. The highest BCUT2D eigenvalue weighted by Gasteiger charge is 2.29. The van der Waals surface area contributed by atoms with Gasteiger partial charge in [-0.25, -0.2) is 14.3 Å². The number of alkyl carbamates (subject to hydrolysis) is 1. The van der Waals surface area contributed by atoms with Crippen molar-refractivity contribution in [2.45, 2.75) is 44.6 Å². The Hall–Kier alpha value is -3.75. The Labute approximate surface area is 179 Å². The number of carbonyl (C=O) groups excluding carboxylic acids is 2. The fourth-order valence-corrected chi connectivity index (χ4v) is 3.10. The average molecular weight is 421 g/mol. The molecule has 0 aliphatic heterocycles. The van der Waals surface area contributed by atoms with Gasteiger partial charge in [-0.2, -0.15) is 0 Å². The maximum absolute atomic E-state index is 12.8. The fraction of sp³-hybridized carbons (Fsp3) is 0.318. The van der Waals surface area contributed by atoms with Crippen LogP contribution < -0.4 is 5.32 Å². The summed E-state index contributed by atoms with van der Waals surface area (Å²) < 4.78 is 12.4. The maximum Gasteiger partial charge on any atom is 0.408 e. The van der Waals surface area contributed by atoms with Crippen LogP contribution in [0, 0.1) is 0 Å². The standard InChI is InChI=1S/C22H23N5O4/c28-21(30-15-20-24-25-26-27(20)18-11-12-18)19(13-16-7-3-1-4-8-16)23-22(29)31-14-17-9-5-2-6-10-17/h1-10,18-19H,11-15H2,(H,23,29)/t19-/m0/s1. The van der Waals surface area contributed by atoms with Crippen LogP contribution in [0.5, 0.6) is 0 Å². The summed E-state index contributed by atoms with van der Waals surface area (Å²) in [5, 5.41) is 14.2. The molecule has 1 fully saturated rings. The minimum absolute atomic E-state index is 0.0611. The zero-order valence-corrected chi connectivity index (χ0v) is 16.9. The van der Waals surface area contributed by atoms with Crippen molar-refractivity contribution < 1.29 is 19.1 Å². The number of hydrogen-bond donors (Lipinski definition) is 1. The lowest BCUT2D eigenvalue weighted by atomic mass is 10.1. The number of hydrogen-bond acceptors (Lipinski definition) is 7. The van der Waals surface area contributed by atoms with Crippen molar-refractivity contribution in [3.8, 4) is 0 Å². The van der Waals surface area contributed by atoms with E-state index >= 15 is 0 Å². The van der Waals surface area contributed by atoms with Gasteiger partial charge in [0.25, 0.3) is 0 Å². The van der Waals surface area contributed by atoms with Crippen LogP contribution >= 0.6 is 0 Å². The fourth-order valence-electron chi connectivity index (χ4n) is 3.10. The predicted octanol–water partition coefficient (Wildman–Crippen LogP) is 2.59. The van der Waals surface area contributed by atoms with Crippen LogP contribution in [0.3, 0.4) is 0 Å². The van der Waals surface area contributed by atoms with E-state index in [1.54, 1.807) is 4.68 Å². The van der Waals surface area contributed by atoms with E-state index in [1.807, 2.05) is 60.7 Å². The number of benzene rings is 2. The van der Waals surface area contributed by atoms with E-state index in [0.717, 1.165) is 24.0 Å². The zero-order valence-electron chi connectivity index (χ0n) is 16.9. The van der Waals surface area contributed by atoms with Gasteiger partial charge in [-0.15, -0.1) is 5.10 Å². The van der Waals surface area contributed by atoms with E-state index in [9.17, 15) is 9.59 Å². The molecule has 9 heteroatoms. The average Bonchev–Trinajstić information content (AvgIpc) is 3.54. The summed E-state index contributed by atoms with van der Waals surface area (Å²) in [7, 11) is 0. The van der Waals surface area contributed by atoms with Gasteiger partial charge >= 0.3 is 12.1 Å². The highest BCUT2D eigenvalue weighted by Crippen LogP contribution is 2.34. The lowest BCUT2D eigenvalue weighted by Crippen LogP contribution is -2.43. The Balaban J connectivity index is 1.37. The van der Waals surface area contributed by atoms with Gasteiger partial charge < -0.3 is 14.8 Å². The highest BCUT2D eigenvalue weighted by atomic mass is 16.6. The second-order valence-corrected chi connectivity index (χ2v) is 7.33. The van der Waals surface area contributed by atoms with Crippen LogP contribution in [0.1, 0.15) is 35.8 Å². The first-order valence-electron chi connectivity index (χ1n) is 10.1. The van der Waals surface area contributed by atoms with Gasteiger partial charge in [0.15, 0.2) is 12.4 Å². The van der Waals surface area contributed by atoms with Crippen molar-refractivity contribution in [2.24, 2.45) is 0 Å². The number of ether oxygens (including phenoxy) is 2. The first-order chi connectivity index (χ1) is 15.2. The molecule has 1 atom stereocenters. The molecule has 0 radical (unpaired) electrons. The summed E-state index contributed by atoms with van der Waals surface area (Å²) in [5.41, 5.74) is 1.74. The first kappa shape index (κ1) is 20.5. The number of nitrogens with one attached hydrogen (secondary N) is 1. The molecule has 1 N–H and O–H groups in total. The number of nitrogens with zero attached hydrogens (tertiary/aromatic N) is 4. The Kier molecular flexibility index (Phi) is 6.51. The molecule has 1 aromatic heterocycles. The second kappa shape index (κ2) is 9.84. The van der Waals surface area contributed by atoms with Crippen LogP contribution in [0.15, 0.2) is 60.7 Å². The molecule has 0 spiro atoms. The summed E-state index contributed by atoms with van der Waals surface area (Å²) in [6, 6.07) is 18.1. The summed E-state index contributed by atoms with van der Waals surface area (Å²) in [6.45, 7) is 0.0459. The number of amides is 1. The zero-order chi connectivity index (χ0) is 21.5. The van der Waals surface area contributed by atoms with Crippen molar-refractivity contribution in [3.05, 3.63) is 77.6 Å². The van der Waals surface area contributed by atoms with E-state index in [2.05, 4.69) is 20.8 Å². The van der Waals surface area contributed by atoms with Crippen LogP contribution in [-0.4, -0.2) is 38.3 Å². The third-order valence-corrected chi connectivity index (χ3v) is 4.87. The SMILES string of the molecule is O=C(N[C@@H](Cc1ccccc1)C(=O)OCc1nnnn1C1CC1)OCc1ccccc1. The molecule has 1 aliphatic rings. The molecular formula is C22H23N5O4. The van der Waals surface area contributed by atoms with Crippen molar-refractivity contribution in [1.82, 2.24) is 25.5 Å². The van der Waals surface area contributed by atoms with E-state index in [0.29, 0.717) is 5.82 Å². The molecule has 1 heterocycles. The summed E-state index contributed by atoms with van der Waals surface area (Å²) in [6.07, 6.45) is 1.60. The highest BCUT2D eigenvalue weighted by molar-refractivity contribution is 5.81. The smallest absolute Gasteiger partial charge is 0.408 e. The molecule has 2 aromatic carbocycles. The quantitative estimate of drug-likeness (QED) is 0.529. The van der Waals surface area contributed by atoms with Gasteiger partial charge in [0.1, 0.15) is 12.6 Å². The van der Waals surface area contributed by atoms with Crippen molar-refractivity contribution in [2.75, 3.05) is 0 Å². The predicted molar refractivity (Wildman–Crippen MR) is 110 cm³/mol. The lowest BCUT2D eigenvalue weighted by Gasteiger charge is -2.18. The third kappa shape index (κ3) is 5.88. The van der Waals surface area contributed by atoms with Crippen LogP contribution in [0.25, 0.3) is 0 Å². The van der Waals surface area contributed by atoms with Crippen LogP contribution in [0.4, 0.5) is 4.79 Å². The molecule has 31 heavy (non-hydrogen) atoms. The molecule has 160 valence electrons. The third-order valence-electron chi connectivity index (χ3n) is 4.87. The van der Waals surface area contributed by atoms with Crippen molar-refractivity contribution >= 4 is 12.1 Å². The topological polar surface area (TPSA) is 108 Å². The number of carbonyl (C=O) groups is 2. The van der Waals surface area contributed by atoms with E-state index < -0.39 is 18.1 Å². The van der Waals surface area contributed by atoms with E-state index in [1.165, 1.54) is 0 Å². The van der Waals surface area contributed by atoms with Gasteiger partial charge in [0.05, 0.1) is 6.04 Å². The van der Waals surface area contributed by atoms with Crippen molar-refractivity contribution in [3.63, 3.8) is 0 Å². The largest absolute Gasteiger partial charge is 0.456 e. The van der Waals surface area contributed by atoms with E-state index in [-0.39, 0.29) is 25.7 Å². The molecule has 0 saturated heterocycles. The molecule has 9 nitrogen and oxygen atoms in total. The van der Waals surface area contributed by atoms with Gasteiger partial charge in [0.2, 0.25) is 0 Å². The van der Waals surface area contributed by atoms with E-state index in [4.69, 9.17) is 9.47 Å². The summed E-state index contributed by atoms with van der Waals surface area (Å²) in [5.74, 6) is -0.0909. The maximum atomic E-state index is 12.8. The van der Waals surface area contributed by atoms with Gasteiger partial charge in [-0.1, -0.05) is 60.7 Å². The van der Waals surface area contributed by atoms with Crippen LogP contribution in [0.2, 0.25) is 0 Å².